The Kier molecular flexibility index (Phi) is 5.11. The molecule has 1 aliphatic rings. The molecule has 3 heterocycles. The summed E-state index contributed by atoms with van der Waals surface area (Å²) in [4.78, 5) is 31.9. The van der Waals surface area contributed by atoms with Crippen molar-refractivity contribution >= 4 is 28.7 Å². The van der Waals surface area contributed by atoms with Crippen molar-refractivity contribution in [2.24, 2.45) is 0 Å². The average molecular weight is 408 g/mol. The van der Waals surface area contributed by atoms with Crippen LogP contribution in [0.25, 0.3) is 16.7 Å². The van der Waals surface area contributed by atoms with Crippen molar-refractivity contribution in [3.63, 3.8) is 0 Å². The minimum Gasteiger partial charge on any atom is -0.345 e. The van der Waals surface area contributed by atoms with E-state index in [1.54, 1.807) is 27.4 Å². The fourth-order valence-electron chi connectivity index (χ4n) is 3.43. The van der Waals surface area contributed by atoms with Gasteiger partial charge in [-0.3, -0.25) is 14.2 Å². The van der Waals surface area contributed by atoms with Gasteiger partial charge in [-0.15, -0.1) is 0 Å². The zero-order valence-electron chi connectivity index (χ0n) is 16.2. The van der Waals surface area contributed by atoms with Gasteiger partial charge in [0.15, 0.2) is 10.8 Å². The Morgan fingerprint density at radius 2 is 2.28 bits per heavy atom. The smallest absolute Gasteiger partial charge is 0.265 e. The van der Waals surface area contributed by atoms with Crippen LogP contribution in [0.5, 0.6) is 0 Å². The molecule has 148 valence electrons. The van der Waals surface area contributed by atoms with Crippen LogP contribution in [0.1, 0.15) is 24.4 Å². The lowest BCUT2D eigenvalue weighted by molar-refractivity contribution is -0.130. The Bertz CT molecular complexity index is 1190. The van der Waals surface area contributed by atoms with E-state index in [0.29, 0.717) is 34.9 Å². The molecule has 1 amide bonds. The van der Waals surface area contributed by atoms with E-state index in [-0.39, 0.29) is 23.9 Å². The molecule has 0 saturated carbocycles. The largest absolute Gasteiger partial charge is 0.345 e. The lowest BCUT2D eigenvalue weighted by Crippen LogP contribution is -2.32. The first-order chi connectivity index (χ1) is 14.0. The number of carbonyl (C=O) groups excluding carboxylic acids is 1. The highest BCUT2D eigenvalue weighted by atomic mass is 32.2. The summed E-state index contributed by atoms with van der Waals surface area (Å²) in [5.74, 6) is 0.533. The highest BCUT2D eigenvalue weighted by Gasteiger charge is 2.30. The first-order valence-corrected chi connectivity index (χ1v) is 10.3. The third-order valence-electron chi connectivity index (χ3n) is 5.01. The number of aryl methyl sites for hydroxylation is 1. The lowest BCUT2D eigenvalue weighted by Gasteiger charge is -2.19. The molecule has 0 N–H and O–H groups in total. The summed E-state index contributed by atoms with van der Waals surface area (Å²) in [7, 11) is 1.68. The molecule has 0 aliphatic carbocycles. The van der Waals surface area contributed by atoms with Gasteiger partial charge < -0.3 is 4.90 Å². The Morgan fingerprint density at radius 1 is 1.45 bits per heavy atom. The molecule has 29 heavy (non-hydrogen) atoms. The zero-order chi connectivity index (χ0) is 20.5. The van der Waals surface area contributed by atoms with Crippen LogP contribution in [0, 0.1) is 18.3 Å². The van der Waals surface area contributed by atoms with Crippen LogP contribution in [0.4, 0.5) is 0 Å². The van der Waals surface area contributed by atoms with Crippen molar-refractivity contribution in [1.82, 2.24) is 24.2 Å². The van der Waals surface area contributed by atoms with E-state index in [2.05, 4.69) is 5.10 Å². The van der Waals surface area contributed by atoms with Gasteiger partial charge in [0, 0.05) is 25.8 Å². The lowest BCUT2D eigenvalue weighted by atomic mass is 10.2. The Morgan fingerprint density at radius 3 is 3.03 bits per heavy atom. The van der Waals surface area contributed by atoms with Gasteiger partial charge in [0.05, 0.1) is 30.4 Å². The SMILES string of the molecule is Cc1cccc(-n2ncc3c(=O)n4c(nc32)SCC4CC(=O)N(C)CCC#N)c1. The Hall–Kier alpha value is -3.12. The topological polar surface area (TPSA) is 96.8 Å². The highest BCUT2D eigenvalue weighted by molar-refractivity contribution is 7.99. The number of aromatic nitrogens is 4. The van der Waals surface area contributed by atoms with Crippen molar-refractivity contribution in [1.29, 1.82) is 5.26 Å². The molecule has 2 aromatic heterocycles. The van der Waals surface area contributed by atoms with E-state index in [1.807, 2.05) is 37.3 Å². The summed E-state index contributed by atoms with van der Waals surface area (Å²) in [6.45, 7) is 2.39. The van der Waals surface area contributed by atoms with Gasteiger partial charge in [-0.25, -0.2) is 9.67 Å². The zero-order valence-corrected chi connectivity index (χ0v) is 17.0. The molecule has 3 aromatic rings. The fourth-order valence-corrected chi connectivity index (χ4v) is 4.56. The standard InChI is InChI=1S/C20H20N6O2S/c1-13-5-3-6-14(9-13)26-18-16(11-22-26)19(28)25-15(12-29-20(25)23-18)10-17(27)24(2)8-4-7-21/h3,5-6,9,11,15H,4,8,10,12H2,1-2H3. The van der Waals surface area contributed by atoms with Crippen molar-refractivity contribution < 1.29 is 4.79 Å². The molecule has 0 spiro atoms. The summed E-state index contributed by atoms with van der Waals surface area (Å²) in [5.41, 5.74) is 2.30. The fraction of sp³-hybridized carbons (Fsp3) is 0.350. The minimum atomic E-state index is -0.251. The van der Waals surface area contributed by atoms with Crippen LogP contribution in [-0.4, -0.2) is 49.5 Å². The minimum absolute atomic E-state index is 0.0823. The number of benzene rings is 1. The first-order valence-electron chi connectivity index (χ1n) is 9.30. The Balaban J connectivity index is 1.68. The highest BCUT2D eigenvalue weighted by Crippen LogP contribution is 2.33. The molecule has 1 aromatic carbocycles. The number of thioether (sulfide) groups is 1. The summed E-state index contributed by atoms with van der Waals surface area (Å²) in [6.07, 6.45) is 2.04. The summed E-state index contributed by atoms with van der Waals surface area (Å²) in [5, 5.41) is 14.1. The molecule has 0 radical (unpaired) electrons. The van der Waals surface area contributed by atoms with E-state index in [0.717, 1.165) is 11.3 Å². The molecule has 4 rings (SSSR count). The van der Waals surface area contributed by atoms with Crippen LogP contribution in [0.2, 0.25) is 0 Å². The molecule has 0 fully saturated rings. The van der Waals surface area contributed by atoms with Crippen LogP contribution in [0.15, 0.2) is 40.4 Å². The van der Waals surface area contributed by atoms with Gasteiger partial charge in [0.25, 0.3) is 5.56 Å². The predicted molar refractivity (Wildman–Crippen MR) is 110 cm³/mol. The van der Waals surface area contributed by atoms with Crippen molar-refractivity contribution in [2.45, 2.75) is 31.0 Å². The number of hydrogen-bond donors (Lipinski definition) is 0. The number of nitrogens with zero attached hydrogens (tertiary/aromatic N) is 6. The molecule has 1 unspecified atom stereocenters. The predicted octanol–water partition coefficient (Wildman–Crippen LogP) is 2.30. The second kappa shape index (κ2) is 7.72. The van der Waals surface area contributed by atoms with Gasteiger partial charge >= 0.3 is 0 Å². The third kappa shape index (κ3) is 3.51. The van der Waals surface area contributed by atoms with Gasteiger partial charge in [0.2, 0.25) is 5.91 Å². The molecular weight excluding hydrogens is 388 g/mol. The van der Waals surface area contributed by atoms with Crippen molar-refractivity contribution in [2.75, 3.05) is 19.3 Å². The van der Waals surface area contributed by atoms with E-state index < -0.39 is 0 Å². The number of nitriles is 1. The van der Waals surface area contributed by atoms with E-state index >= 15 is 0 Å². The molecule has 1 aliphatic heterocycles. The monoisotopic (exact) mass is 408 g/mol. The summed E-state index contributed by atoms with van der Waals surface area (Å²) < 4.78 is 3.30. The van der Waals surface area contributed by atoms with Gasteiger partial charge in [0.1, 0.15) is 5.39 Å². The quantitative estimate of drug-likeness (QED) is 0.601. The molecule has 8 nitrogen and oxygen atoms in total. The van der Waals surface area contributed by atoms with Crippen molar-refractivity contribution in [3.8, 4) is 11.8 Å². The maximum atomic E-state index is 13.2. The van der Waals surface area contributed by atoms with Crippen molar-refractivity contribution in [3.05, 3.63) is 46.4 Å². The molecule has 1 atom stereocenters. The maximum absolute atomic E-state index is 13.2. The van der Waals surface area contributed by atoms with Crippen LogP contribution in [0.3, 0.4) is 0 Å². The maximum Gasteiger partial charge on any atom is 0.265 e. The number of rotatable bonds is 5. The summed E-state index contributed by atoms with van der Waals surface area (Å²) in [6, 6.07) is 9.65. The van der Waals surface area contributed by atoms with Gasteiger partial charge in [-0.1, -0.05) is 23.9 Å². The number of hydrogen-bond acceptors (Lipinski definition) is 6. The normalized spacial score (nSPS) is 15.3. The number of fused-ring (bicyclic) bond motifs is 2. The number of carbonyl (C=O) groups is 1. The van der Waals surface area contributed by atoms with Gasteiger partial charge in [-0.2, -0.15) is 10.4 Å². The molecule has 9 heteroatoms. The average Bonchev–Trinajstić information content (AvgIpc) is 3.31. The van der Waals surface area contributed by atoms with E-state index in [1.165, 1.54) is 11.8 Å². The molecular formula is C20H20N6O2S. The van der Waals surface area contributed by atoms with E-state index in [9.17, 15) is 9.59 Å². The third-order valence-corrected chi connectivity index (χ3v) is 6.11. The Labute approximate surface area is 171 Å². The van der Waals surface area contributed by atoms with E-state index in [4.69, 9.17) is 10.2 Å². The molecule has 0 bridgehead atoms. The van der Waals surface area contributed by atoms with Crippen LogP contribution >= 0.6 is 11.8 Å². The van der Waals surface area contributed by atoms with Gasteiger partial charge in [-0.05, 0) is 24.6 Å². The first kappa shape index (κ1) is 19.2. The number of amides is 1. The second-order valence-corrected chi connectivity index (χ2v) is 8.08. The second-order valence-electron chi connectivity index (χ2n) is 7.09. The van der Waals surface area contributed by atoms with Crippen LogP contribution < -0.4 is 5.56 Å². The molecule has 0 saturated heterocycles. The summed E-state index contributed by atoms with van der Waals surface area (Å²) >= 11 is 1.47. The van der Waals surface area contributed by atoms with Crippen LogP contribution in [-0.2, 0) is 4.79 Å².